The number of unbranched alkanes of at least 4 members (excludes halogenated alkanes) is 18. The number of carboxylic acid groups (broad SMARTS) is 2. The number of carboxylic acids is 2. The number of rotatable bonds is 42. The fourth-order valence-electron chi connectivity index (χ4n) is 7.97. The normalized spacial score (nSPS) is 15.3. The number of ether oxygens (including phenoxy) is 4. The van der Waals surface area contributed by atoms with Crippen molar-refractivity contribution in [1.29, 1.82) is 0 Å². The largest absolute Gasteiger partial charge is 0.481 e. The third-order valence-electron chi connectivity index (χ3n) is 11.7. The molecule has 18 nitrogen and oxygen atoms in total. The lowest BCUT2D eigenvalue weighted by atomic mass is 9.80. The van der Waals surface area contributed by atoms with Crippen LogP contribution < -0.4 is 10.6 Å². The molecule has 0 aliphatic rings. The molecule has 7 unspecified atom stereocenters. The van der Waals surface area contributed by atoms with E-state index in [-0.39, 0.29) is 25.7 Å². The Balaban J connectivity index is 6.08. The van der Waals surface area contributed by atoms with Gasteiger partial charge in [0.05, 0.1) is 37.9 Å². The minimum absolute atomic E-state index is 0.103. The van der Waals surface area contributed by atoms with Crippen LogP contribution in [0.4, 0.5) is 9.59 Å². The third kappa shape index (κ3) is 39.7. The zero-order valence-corrected chi connectivity index (χ0v) is 46.3. The molecule has 0 aromatic heterocycles. The van der Waals surface area contributed by atoms with Crippen LogP contribution in [0.3, 0.4) is 0 Å². The molecule has 0 radical (unpaired) electrons. The standard InChI is InChI=1S/C52H97N2O16P/c1-11-13-15-17-19-21-23-25-27-29-31-41(47(57)58)35-42(44(48(59)60)32-30-28-26-24-22-20-18-16-14-12-2)36-66-71(63,64)67-38-43(68-46(56)34-40(4)54-50(62)70-52(8,9)10)37-65-45(55)33-39(3)53-49(61)69-51(5,6)7/h39-44H,11-38H2,1-10H3,(H,53,61)(H,54,62)(H,57,58)(H,59,60)(H,63,64). The molecule has 71 heavy (non-hydrogen) atoms. The van der Waals surface area contributed by atoms with Crippen molar-refractivity contribution >= 4 is 43.9 Å². The Morgan fingerprint density at radius 1 is 0.535 bits per heavy atom. The lowest BCUT2D eigenvalue weighted by molar-refractivity contribution is -0.161. The highest BCUT2D eigenvalue weighted by Crippen LogP contribution is 2.45. The van der Waals surface area contributed by atoms with E-state index in [1.54, 1.807) is 48.5 Å². The van der Waals surface area contributed by atoms with Gasteiger partial charge in [0.25, 0.3) is 0 Å². The van der Waals surface area contributed by atoms with E-state index in [1.165, 1.54) is 64.7 Å². The molecule has 0 aliphatic carbocycles. The number of carbonyl (C=O) groups is 6. The van der Waals surface area contributed by atoms with Crippen LogP contribution in [-0.4, -0.2) is 100 Å². The number of hydrogen-bond donors (Lipinski definition) is 5. The van der Waals surface area contributed by atoms with Gasteiger partial charge in [0, 0.05) is 12.1 Å². The number of aliphatic carboxylic acids is 2. The second-order valence-corrected chi connectivity index (χ2v) is 22.7. The highest BCUT2D eigenvalue weighted by Gasteiger charge is 2.36. The predicted molar refractivity (Wildman–Crippen MR) is 273 cm³/mol. The molecule has 0 saturated heterocycles. The molecular formula is C52H97N2O16P. The van der Waals surface area contributed by atoms with Crippen molar-refractivity contribution in [3.63, 3.8) is 0 Å². The third-order valence-corrected chi connectivity index (χ3v) is 12.6. The van der Waals surface area contributed by atoms with E-state index in [2.05, 4.69) is 24.5 Å². The van der Waals surface area contributed by atoms with E-state index in [1.807, 2.05) is 0 Å². The van der Waals surface area contributed by atoms with Gasteiger partial charge in [0.1, 0.15) is 17.8 Å². The zero-order chi connectivity index (χ0) is 53.9. The smallest absolute Gasteiger partial charge is 0.472 e. The Kier molecular flexibility index (Phi) is 36.3. The number of phosphoric acid groups is 1. The van der Waals surface area contributed by atoms with E-state index in [0.717, 1.165) is 57.8 Å². The average Bonchev–Trinajstić information content (AvgIpc) is 3.23. The molecule has 0 aromatic rings. The number of carbonyl (C=O) groups excluding carboxylic acids is 4. The molecule has 0 fully saturated rings. The summed E-state index contributed by atoms with van der Waals surface area (Å²) in [6, 6.07) is -1.52. The second kappa shape index (κ2) is 38.2. The molecule has 0 heterocycles. The van der Waals surface area contributed by atoms with Gasteiger partial charge in [-0.1, -0.05) is 142 Å². The maximum atomic E-state index is 13.5. The average molecular weight is 1040 g/mol. The summed E-state index contributed by atoms with van der Waals surface area (Å²) in [6.07, 6.45) is 17.8. The number of esters is 2. The van der Waals surface area contributed by atoms with Crippen molar-refractivity contribution in [2.45, 2.75) is 259 Å². The van der Waals surface area contributed by atoms with E-state index >= 15 is 0 Å². The van der Waals surface area contributed by atoms with Crippen molar-refractivity contribution < 1.29 is 76.4 Å². The summed E-state index contributed by atoms with van der Waals surface area (Å²) >= 11 is 0. The van der Waals surface area contributed by atoms with Crippen LogP contribution in [0, 0.1) is 17.8 Å². The van der Waals surface area contributed by atoms with Gasteiger partial charge in [-0.2, -0.15) is 0 Å². The molecule has 0 aliphatic heterocycles. The molecule has 7 atom stereocenters. The van der Waals surface area contributed by atoms with Gasteiger partial charge < -0.3 is 44.7 Å². The Bertz CT molecular complexity index is 1550. The highest BCUT2D eigenvalue weighted by molar-refractivity contribution is 7.47. The number of phosphoric ester groups is 1. The number of hydrogen-bond acceptors (Lipinski definition) is 13. The summed E-state index contributed by atoms with van der Waals surface area (Å²) in [5.74, 6) is -6.93. The predicted octanol–water partition coefficient (Wildman–Crippen LogP) is 12.2. The summed E-state index contributed by atoms with van der Waals surface area (Å²) in [4.78, 5) is 86.9. The van der Waals surface area contributed by atoms with Gasteiger partial charge in [-0.3, -0.25) is 28.2 Å². The molecule has 0 spiro atoms. The second-order valence-electron chi connectivity index (χ2n) is 21.3. The fourth-order valence-corrected chi connectivity index (χ4v) is 8.77. The van der Waals surface area contributed by atoms with Crippen LogP contribution >= 0.6 is 7.82 Å². The van der Waals surface area contributed by atoms with Gasteiger partial charge in [-0.15, -0.1) is 0 Å². The highest BCUT2D eigenvalue weighted by atomic mass is 31.2. The molecule has 0 saturated carbocycles. The molecule has 0 bridgehead atoms. The van der Waals surface area contributed by atoms with Gasteiger partial charge in [0.2, 0.25) is 0 Å². The number of nitrogens with one attached hydrogen (secondary N) is 2. The molecule has 19 heteroatoms. The first-order chi connectivity index (χ1) is 33.3. The molecule has 5 N–H and O–H groups in total. The van der Waals surface area contributed by atoms with Crippen LogP contribution in [0.15, 0.2) is 0 Å². The van der Waals surface area contributed by atoms with Gasteiger partial charge in [-0.25, -0.2) is 14.2 Å². The monoisotopic (exact) mass is 1040 g/mol. The van der Waals surface area contributed by atoms with E-state index in [0.29, 0.717) is 19.3 Å². The van der Waals surface area contributed by atoms with Crippen molar-refractivity contribution in [3.05, 3.63) is 0 Å². The van der Waals surface area contributed by atoms with Crippen molar-refractivity contribution in [3.8, 4) is 0 Å². The molecule has 416 valence electrons. The van der Waals surface area contributed by atoms with Crippen LogP contribution in [0.1, 0.15) is 230 Å². The van der Waals surface area contributed by atoms with Crippen LogP contribution in [0.5, 0.6) is 0 Å². The lowest BCUT2D eigenvalue weighted by Gasteiger charge is -2.28. The summed E-state index contributed by atoms with van der Waals surface area (Å²) < 4.78 is 45.5. The maximum absolute atomic E-state index is 13.5. The Hall–Kier alpha value is -3.47. The lowest BCUT2D eigenvalue weighted by Crippen LogP contribution is -2.40. The number of alkyl carbamates (subject to hydrolysis) is 2. The molecular weight excluding hydrogens is 940 g/mol. The van der Waals surface area contributed by atoms with Gasteiger partial charge in [-0.05, 0) is 80.6 Å². The Labute approximate surface area is 426 Å². The Morgan fingerprint density at radius 3 is 1.34 bits per heavy atom. The SMILES string of the molecule is CCCCCCCCCCCCC(CC(COP(=O)(O)OCC(COC(=O)CC(C)NC(=O)OC(C)(C)C)OC(=O)CC(C)NC(=O)OC(C)(C)C)C(CCCCCCCCCCCC)C(=O)O)C(=O)O. The van der Waals surface area contributed by atoms with E-state index in [9.17, 15) is 48.4 Å². The molecule has 2 amide bonds. The summed E-state index contributed by atoms with van der Waals surface area (Å²) in [5, 5.41) is 25.8. The van der Waals surface area contributed by atoms with Crippen LogP contribution in [0.25, 0.3) is 0 Å². The maximum Gasteiger partial charge on any atom is 0.472 e. The van der Waals surface area contributed by atoms with E-state index < -0.39 is 111 Å². The minimum atomic E-state index is -5.06. The zero-order valence-electron chi connectivity index (χ0n) is 45.4. The van der Waals surface area contributed by atoms with Crippen LogP contribution in [0.2, 0.25) is 0 Å². The number of amides is 2. The van der Waals surface area contributed by atoms with Gasteiger partial charge >= 0.3 is 43.9 Å². The van der Waals surface area contributed by atoms with Gasteiger partial charge in [0.15, 0.2) is 6.10 Å². The van der Waals surface area contributed by atoms with Crippen molar-refractivity contribution in [2.24, 2.45) is 17.8 Å². The van der Waals surface area contributed by atoms with E-state index in [4.69, 9.17) is 28.0 Å². The molecule has 0 rings (SSSR count). The first kappa shape index (κ1) is 67.5. The molecule has 0 aromatic carbocycles. The van der Waals surface area contributed by atoms with Crippen LogP contribution in [-0.2, 0) is 51.7 Å². The summed E-state index contributed by atoms with van der Waals surface area (Å²) in [7, 11) is -5.06. The summed E-state index contributed by atoms with van der Waals surface area (Å²) in [5.41, 5.74) is -1.59. The van der Waals surface area contributed by atoms with Crippen molar-refractivity contribution in [1.82, 2.24) is 10.6 Å². The quantitative estimate of drug-likeness (QED) is 0.0165. The summed E-state index contributed by atoms with van der Waals surface area (Å²) in [6.45, 7) is 15.4. The minimum Gasteiger partial charge on any atom is -0.481 e. The first-order valence-corrected chi connectivity index (χ1v) is 28.2. The topological polar surface area (TPSA) is 260 Å². The van der Waals surface area contributed by atoms with Crippen molar-refractivity contribution in [2.75, 3.05) is 19.8 Å². The Morgan fingerprint density at radius 2 is 0.930 bits per heavy atom. The fraction of sp³-hybridized carbons (Fsp3) is 0.885. The first-order valence-electron chi connectivity index (χ1n) is 26.7.